The van der Waals surface area contributed by atoms with Gasteiger partial charge in [-0.3, -0.25) is 16.0 Å². The minimum absolute atomic E-state index is 0.0651. The van der Waals surface area contributed by atoms with Crippen molar-refractivity contribution in [1.29, 1.82) is 0 Å². The number of nitrogens with two attached hydrogens (primary N) is 1. The molecule has 1 rings (SSSR count). The number of hydrogen-bond donors (Lipinski definition) is 2. The van der Waals surface area contributed by atoms with Crippen molar-refractivity contribution in [2.75, 3.05) is 6.61 Å². The Kier molecular flexibility index (Phi) is 4.67. The fourth-order valence-corrected chi connectivity index (χ4v) is 1.20. The van der Waals surface area contributed by atoms with Crippen LogP contribution in [0.3, 0.4) is 0 Å². The minimum atomic E-state index is 0.0651. The van der Waals surface area contributed by atoms with Crippen molar-refractivity contribution in [3.63, 3.8) is 0 Å². The van der Waals surface area contributed by atoms with E-state index in [2.05, 4.69) is 15.5 Å². The molecule has 0 aliphatic rings. The van der Waals surface area contributed by atoms with Crippen LogP contribution in [0.5, 0.6) is 0 Å². The van der Waals surface area contributed by atoms with Crippen LogP contribution in [0, 0.1) is 0 Å². The summed E-state index contributed by atoms with van der Waals surface area (Å²) < 4.78 is 7.22. The van der Waals surface area contributed by atoms with E-state index >= 15 is 0 Å². The third-order valence-electron chi connectivity index (χ3n) is 2.10. The molecule has 0 aliphatic carbocycles. The maximum absolute atomic E-state index is 5.48. The molecule has 1 heterocycles. The van der Waals surface area contributed by atoms with Crippen molar-refractivity contribution in [1.82, 2.24) is 20.2 Å². The molecule has 0 aromatic carbocycles. The van der Waals surface area contributed by atoms with Crippen molar-refractivity contribution in [3.05, 3.63) is 12.2 Å². The van der Waals surface area contributed by atoms with E-state index in [0.717, 1.165) is 5.82 Å². The standard InChI is InChI=1S/C9H19N5O/c1-7(2)15-5-8(13-10)4-9-11-6-12-14(9)3/h6-8,13H,4-5,10H2,1-3H3. The largest absolute Gasteiger partial charge is 0.377 e. The van der Waals surface area contributed by atoms with Crippen molar-refractivity contribution in [2.24, 2.45) is 12.9 Å². The van der Waals surface area contributed by atoms with Gasteiger partial charge in [0.25, 0.3) is 0 Å². The molecule has 0 bridgehead atoms. The highest BCUT2D eigenvalue weighted by Crippen LogP contribution is 1.99. The molecule has 1 unspecified atom stereocenters. The van der Waals surface area contributed by atoms with Crippen LogP contribution in [0.15, 0.2) is 6.33 Å². The first kappa shape index (κ1) is 12.1. The minimum Gasteiger partial charge on any atom is -0.377 e. The van der Waals surface area contributed by atoms with Gasteiger partial charge in [0, 0.05) is 13.5 Å². The number of aromatic nitrogens is 3. The van der Waals surface area contributed by atoms with Crippen LogP contribution in [0.2, 0.25) is 0 Å². The van der Waals surface area contributed by atoms with Gasteiger partial charge in [-0.2, -0.15) is 5.10 Å². The summed E-state index contributed by atoms with van der Waals surface area (Å²) in [6, 6.07) is 0.0651. The predicted molar refractivity (Wildman–Crippen MR) is 56.9 cm³/mol. The van der Waals surface area contributed by atoms with Crippen LogP contribution in [-0.2, 0) is 18.2 Å². The van der Waals surface area contributed by atoms with Crippen molar-refractivity contribution < 1.29 is 4.74 Å². The van der Waals surface area contributed by atoms with Crippen LogP contribution >= 0.6 is 0 Å². The molecule has 0 radical (unpaired) electrons. The molecule has 0 fully saturated rings. The van der Waals surface area contributed by atoms with Crippen LogP contribution in [0.4, 0.5) is 0 Å². The Hall–Kier alpha value is -0.980. The highest BCUT2D eigenvalue weighted by atomic mass is 16.5. The van der Waals surface area contributed by atoms with Crippen LogP contribution in [-0.4, -0.2) is 33.5 Å². The molecule has 0 amide bonds. The second-order valence-electron chi connectivity index (χ2n) is 3.75. The molecule has 6 heteroatoms. The van der Waals surface area contributed by atoms with E-state index in [9.17, 15) is 0 Å². The highest BCUT2D eigenvalue weighted by Gasteiger charge is 2.12. The smallest absolute Gasteiger partial charge is 0.138 e. The number of nitrogens with zero attached hydrogens (tertiary/aromatic N) is 3. The van der Waals surface area contributed by atoms with Gasteiger partial charge in [0.15, 0.2) is 0 Å². The SMILES string of the molecule is CC(C)OCC(Cc1ncnn1C)NN. The Morgan fingerprint density at radius 2 is 2.33 bits per heavy atom. The molecule has 1 atom stereocenters. The van der Waals surface area contributed by atoms with E-state index in [1.807, 2.05) is 20.9 Å². The van der Waals surface area contributed by atoms with Gasteiger partial charge in [0.1, 0.15) is 12.2 Å². The van der Waals surface area contributed by atoms with E-state index in [1.165, 1.54) is 6.33 Å². The summed E-state index contributed by atoms with van der Waals surface area (Å²) in [5, 5.41) is 4.00. The van der Waals surface area contributed by atoms with Crippen LogP contribution in [0.25, 0.3) is 0 Å². The molecule has 0 saturated heterocycles. The number of ether oxygens (including phenoxy) is 1. The second-order valence-corrected chi connectivity index (χ2v) is 3.75. The molecule has 0 saturated carbocycles. The monoisotopic (exact) mass is 213 g/mol. The van der Waals surface area contributed by atoms with Gasteiger partial charge < -0.3 is 4.74 Å². The van der Waals surface area contributed by atoms with Gasteiger partial charge >= 0.3 is 0 Å². The van der Waals surface area contributed by atoms with E-state index in [4.69, 9.17) is 10.6 Å². The molecule has 6 nitrogen and oxygen atoms in total. The fraction of sp³-hybridized carbons (Fsp3) is 0.778. The molecule has 0 aliphatic heterocycles. The number of aryl methyl sites for hydroxylation is 1. The zero-order valence-electron chi connectivity index (χ0n) is 9.47. The molecule has 3 N–H and O–H groups in total. The Labute approximate surface area is 89.8 Å². The number of rotatable bonds is 6. The molecule has 0 spiro atoms. The molecule has 15 heavy (non-hydrogen) atoms. The van der Waals surface area contributed by atoms with Gasteiger partial charge in [0.05, 0.1) is 18.8 Å². The normalized spacial score (nSPS) is 13.4. The van der Waals surface area contributed by atoms with E-state index < -0.39 is 0 Å². The Morgan fingerprint density at radius 1 is 1.60 bits per heavy atom. The van der Waals surface area contributed by atoms with E-state index in [-0.39, 0.29) is 12.1 Å². The van der Waals surface area contributed by atoms with Gasteiger partial charge in [0.2, 0.25) is 0 Å². The summed E-state index contributed by atoms with van der Waals surface area (Å²) in [6.45, 7) is 4.56. The molecular formula is C9H19N5O. The van der Waals surface area contributed by atoms with Gasteiger partial charge in [-0.05, 0) is 13.8 Å². The lowest BCUT2D eigenvalue weighted by molar-refractivity contribution is 0.0608. The summed E-state index contributed by atoms with van der Waals surface area (Å²) in [5.74, 6) is 6.33. The molecule has 86 valence electrons. The van der Waals surface area contributed by atoms with Crippen molar-refractivity contribution in [2.45, 2.75) is 32.4 Å². The molecular weight excluding hydrogens is 194 g/mol. The zero-order chi connectivity index (χ0) is 11.3. The Bertz CT molecular complexity index is 286. The Morgan fingerprint density at radius 3 is 2.80 bits per heavy atom. The third kappa shape index (κ3) is 3.94. The lowest BCUT2D eigenvalue weighted by Gasteiger charge is -2.17. The number of hydrazine groups is 1. The predicted octanol–water partition coefficient (Wildman–Crippen LogP) is -0.385. The summed E-state index contributed by atoms with van der Waals surface area (Å²) in [7, 11) is 1.86. The number of hydrogen-bond acceptors (Lipinski definition) is 5. The van der Waals surface area contributed by atoms with Crippen LogP contribution < -0.4 is 11.3 Å². The zero-order valence-corrected chi connectivity index (χ0v) is 9.47. The maximum Gasteiger partial charge on any atom is 0.138 e. The maximum atomic E-state index is 5.48. The second kappa shape index (κ2) is 5.79. The average Bonchev–Trinajstić information content (AvgIpc) is 2.58. The molecule has 1 aromatic rings. The highest BCUT2D eigenvalue weighted by molar-refractivity contribution is 4.88. The quantitative estimate of drug-likeness (QED) is 0.497. The summed E-state index contributed by atoms with van der Waals surface area (Å²) in [6.07, 6.45) is 2.45. The van der Waals surface area contributed by atoms with Crippen LogP contribution in [0.1, 0.15) is 19.7 Å². The first-order chi connectivity index (χ1) is 7.13. The van der Waals surface area contributed by atoms with Gasteiger partial charge in [-0.1, -0.05) is 0 Å². The summed E-state index contributed by atoms with van der Waals surface area (Å²) in [4.78, 5) is 4.13. The van der Waals surface area contributed by atoms with E-state index in [1.54, 1.807) is 4.68 Å². The molecule has 1 aromatic heterocycles. The van der Waals surface area contributed by atoms with Crippen molar-refractivity contribution in [3.8, 4) is 0 Å². The number of nitrogens with one attached hydrogen (secondary N) is 1. The Balaban J connectivity index is 2.43. The lowest BCUT2D eigenvalue weighted by atomic mass is 10.2. The first-order valence-corrected chi connectivity index (χ1v) is 5.04. The summed E-state index contributed by atoms with van der Waals surface area (Å²) >= 11 is 0. The fourth-order valence-electron chi connectivity index (χ4n) is 1.20. The van der Waals surface area contributed by atoms with Gasteiger partial charge in [-0.25, -0.2) is 4.98 Å². The first-order valence-electron chi connectivity index (χ1n) is 5.04. The van der Waals surface area contributed by atoms with E-state index in [0.29, 0.717) is 13.0 Å². The lowest BCUT2D eigenvalue weighted by Crippen LogP contribution is -2.41. The summed E-state index contributed by atoms with van der Waals surface area (Å²) in [5.41, 5.74) is 2.72. The average molecular weight is 213 g/mol. The third-order valence-corrected chi connectivity index (χ3v) is 2.10. The van der Waals surface area contributed by atoms with Gasteiger partial charge in [-0.15, -0.1) is 0 Å². The van der Waals surface area contributed by atoms with Crippen molar-refractivity contribution >= 4 is 0 Å². The topological polar surface area (TPSA) is 78.0 Å².